The van der Waals surface area contributed by atoms with Crippen LogP contribution in [0.4, 0.5) is 0 Å². The molecule has 1 aromatic heterocycles. The van der Waals surface area contributed by atoms with Gasteiger partial charge in [-0.05, 0) is 37.3 Å². The lowest BCUT2D eigenvalue weighted by molar-refractivity contribution is -0.0438. The molecule has 3 saturated carbocycles. The zero-order valence-electron chi connectivity index (χ0n) is 11.2. The fourth-order valence-corrected chi connectivity index (χ4v) is 3.13. The minimum absolute atomic E-state index is 0.0130. The standard InChI is InChI=1S/C15H15N3O2/c1-9-16-13(18-20-9)11-2-4-12(5-3-11)14(19)17-15-6-10(7-15)8-15/h2-5,10H,6-8H2,1H3,(H,17,19). The normalized spacial score (nSPS) is 26.6. The van der Waals surface area contributed by atoms with Gasteiger partial charge >= 0.3 is 0 Å². The van der Waals surface area contributed by atoms with Gasteiger partial charge in [0.2, 0.25) is 11.7 Å². The first kappa shape index (κ1) is 11.6. The Labute approximate surface area is 116 Å². The van der Waals surface area contributed by atoms with E-state index in [9.17, 15) is 4.79 Å². The van der Waals surface area contributed by atoms with Crippen molar-refractivity contribution in [3.05, 3.63) is 35.7 Å². The Morgan fingerprint density at radius 1 is 1.30 bits per heavy atom. The van der Waals surface area contributed by atoms with E-state index in [1.807, 2.05) is 24.3 Å². The van der Waals surface area contributed by atoms with Gasteiger partial charge in [-0.1, -0.05) is 17.3 Å². The van der Waals surface area contributed by atoms with Gasteiger partial charge < -0.3 is 9.84 Å². The maximum Gasteiger partial charge on any atom is 0.251 e. The highest BCUT2D eigenvalue weighted by molar-refractivity contribution is 5.95. The molecule has 0 aliphatic heterocycles. The highest BCUT2D eigenvalue weighted by Gasteiger charge is 2.57. The lowest BCUT2D eigenvalue weighted by Gasteiger charge is -2.61. The minimum atomic E-state index is 0.0130. The fourth-order valence-electron chi connectivity index (χ4n) is 3.13. The summed E-state index contributed by atoms with van der Waals surface area (Å²) in [4.78, 5) is 16.3. The summed E-state index contributed by atoms with van der Waals surface area (Å²) in [6, 6.07) is 7.31. The van der Waals surface area contributed by atoms with Crippen LogP contribution < -0.4 is 5.32 Å². The van der Waals surface area contributed by atoms with E-state index in [0.717, 1.165) is 30.7 Å². The van der Waals surface area contributed by atoms with Gasteiger partial charge in [-0.15, -0.1) is 0 Å². The van der Waals surface area contributed by atoms with Crippen LogP contribution in [0.3, 0.4) is 0 Å². The van der Waals surface area contributed by atoms with E-state index in [0.29, 0.717) is 17.3 Å². The second-order valence-electron chi connectivity index (χ2n) is 5.93. The topological polar surface area (TPSA) is 68.0 Å². The molecule has 1 aromatic carbocycles. The van der Waals surface area contributed by atoms with Crippen molar-refractivity contribution in [1.82, 2.24) is 15.5 Å². The van der Waals surface area contributed by atoms with Crippen molar-refractivity contribution in [3.8, 4) is 11.4 Å². The Morgan fingerprint density at radius 3 is 2.50 bits per heavy atom. The molecule has 5 rings (SSSR count). The quantitative estimate of drug-likeness (QED) is 0.928. The molecule has 2 aromatic rings. The Balaban J connectivity index is 1.50. The highest BCUT2D eigenvalue weighted by Crippen LogP contribution is 2.56. The molecule has 1 amide bonds. The first-order valence-electron chi connectivity index (χ1n) is 6.87. The number of aryl methyl sites for hydroxylation is 1. The molecule has 0 spiro atoms. The average molecular weight is 269 g/mol. The number of carbonyl (C=O) groups is 1. The van der Waals surface area contributed by atoms with Gasteiger partial charge in [0, 0.05) is 23.6 Å². The third-order valence-corrected chi connectivity index (χ3v) is 4.35. The molecule has 3 fully saturated rings. The highest BCUT2D eigenvalue weighted by atomic mass is 16.5. The Bertz CT molecular complexity index is 658. The van der Waals surface area contributed by atoms with E-state index in [2.05, 4.69) is 15.5 Å². The van der Waals surface area contributed by atoms with E-state index in [-0.39, 0.29) is 11.4 Å². The maximum atomic E-state index is 12.2. The zero-order chi connectivity index (χ0) is 13.7. The van der Waals surface area contributed by atoms with Crippen LogP contribution in [0.2, 0.25) is 0 Å². The number of rotatable bonds is 3. The number of aromatic nitrogens is 2. The van der Waals surface area contributed by atoms with E-state index in [4.69, 9.17) is 4.52 Å². The van der Waals surface area contributed by atoms with Crippen molar-refractivity contribution in [2.75, 3.05) is 0 Å². The van der Waals surface area contributed by atoms with E-state index in [1.54, 1.807) is 6.92 Å². The first-order valence-corrected chi connectivity index (χ1v) is 6.87. The van der Waals surface area contributed by atoms with Crippen LogP contribution in [0.5, 0.6) is 0 Å². The number of hydrogen-bond donors (Lipinski definition) is 1. The number of nitrogens with one attached hydrogen (secondary N) is 1. The summed E-state index contributed by atoms with van der Waals surface area (Å²) in [7, 11) is 0. The molecule has 0 radical (unpaired) electrons. The van der Waals surface area contributed by atoms with Crippen molar-refractivity contribution in [3.63, 3.8) is 0 Å². The molecular weight excluding hydrogens is 254 g/mol. The van der Waals surface area contributed by atoms with Gasteiger partial charge in [0.15, 0.2) is 0 Å². The molecular formula is C15H15N3O2. The van der Waals surface area contributed by atoms with Gasteiger partial charge in [-0.2, -0.15) is 4.98 Å². The monoisotopic (exact) mass is 269 g/mol. The van der Waals surface area contributed by atoms with Crippen LogP contribution in [-0.2, 0) is 0 Å². The molecule has 0 unspecified atom stereocenters. The van der Waals surface area contributed by atoms with Crippen LogP contribution >= 0.6 is 0 Å². The molecule has 2 bridgehead atoms. The fraction of sp³-hybridized carbons (Fsp3) is 0.400. The van der Waals surface area contributed by atoms with Crippen molar-refractivity contribution in [2.45, 2.75) is 31.7 Å². The van der Waals surface area contributed by atoms with Crippen molar-refractivity contribution in [2.24, 2.45) is 5.92 Å². The predicted molar refractivity (Wildman–Crippen MR) is 72.0 cm³/mol. The van der Waals surface area contributed by atoms with Gasteiger partial charge in [0.05, 0.1) is 0 Å². The van der Waals surface area contributed by atoms with Crippen LogP contribution in [0, 0.1) is 12.8 Å². The van der Waals surface area contributed by atoms with Gasteiger partial charge in [0.25, 0.3) is 5.91 Å². The molecule has 1 heterocycles. The smallest absolute Gasteiger partial charge is 0.251 e. The Hall–Kier alpha value is -2.17. The summed E-state index contributed by atoms with van der Waals surface area (Å²) in [5.41, 5.74) is 1.65. The van der Waals surface area contributed by atoms with Crippen LogP contribution in [0.15, 0.2) is 28.8 Å². The van der Waals surface area contributed by atoms with Crippen LogP contribution in [0.25, 0.3) is 11.4 Å². The lowest BCUT2D eigenvalue weighted by Crippen LogP contribution is -2.68. The van der Waals surface area contributed by atoms with Gasteiger partial charge in [-0.25, -0.2) is 0 Å². The second-order valence-corrected chi connectivity index (χ2v) is 5.93. The molecule has 3 aliphatic carbocycles. The summed E-state index contributed by atoms with van der Waals surface area (Å²) in [5.74, 6) is 1.96. The van der Waals surface area contributed by atoms with Crippen molar-refractivity contribution >= 4 is 5.91 Å². The molecule has 3 aliphatic rings. The van der Waals surface area contributed by atoms with Gasteiger partial charge in [0.1, 0.15) is 0 Å². The zero-order valence-corrected chi connectivity index (χ0v) is 11.2. The summed E-state index contributed by atoms with van der Waals surface area (Å²) in [5, 5.41) is 7.01. The molecule has 0 atom stereocenters. The van der Waals surface area contributed by atoms with E-state index < -0.39 is 0 Å². The van der Waals surface area contributed by atoms with Crippen LogP contribution in [-0.4, -0.2) is 21.6 Å². The number of benzene rings is 1. The SMILES string of the molecule is Cc1nc(-c2ccc(C(=O)NC34CC(C3)C4)cc2)no1. The number of carbonyl (C=O) groups excluding carboxylic acids is 1. The molecule has 20 heavy (non-hydrogen) atoms. The average Bonchev–Trinajstić information content (AvgIpc) is 2.79. The Morgan fingerprint density at radius 2 is 2.00 bits per heavy atom. The van der Waals surface area contributed by atoms with E-state index >= 15 is 0 Å². The second kappa shape index (κ2) is 3.91. The van der Waals surface area contributed by atoms with Crippen molar-refractivity contribution in [1.29, 1.82) is 0 Å². The lowest BCUT2D eigenvalue weighted by atomic mass is 9.50. The Kier molecular flexibility index (Phi) is 2.28. The summed E-state index contributed by atoms with van der Waals surface area (Å²) >= 11 is 0. The summed E-state index contributed by atoms with van der Waals surface area (Å²) in [6.07, 6.45) is 3.46. The minimum Gasteiger partial charge on any atom is -0.347 e. The van der Waals surface area contributed by atoms with Gasteiger partial charge in [-0.3, -0.25) is 4.79 Å². The first-order chi connectivity index (χ1) is 9.63. The molecule has 0 saturated heterocycles. The van der Waals surface area contributed by atoms with Crippen LogP contribution in [0.1, 0.15) is 35.5 Å². The molecule has 5 nitrogen and oxygen atoms in total. The predicted octanol–water partition coefficient (Wildman–Crippen LogP) is 2.33. The molecule has 5 heteroatoms. The molecule has 1 N–H and O–H groups in total. The summed E-state index contributed by atoms with van der Waals surface area (Å²) < 4.78 is 4.95. The van der Waals surface area contributed by atoms with E-state index in [1.165, 1.54) is 0 Å². The van der Waals surface area contributed by atoms with Crippen molar-refractivity contribution < 1.29 is 9.32 Å². The number of nitrogens with zero attached hydrogens (tertiary/aromatic N) is 2. The third-order valence-electron chi connectivity index (χ3n) is 4.35. The third kappa shape index (κ3) is 1.73. The maximum absolute atomic E-state index is 12.2. The summed E-state index contributed by atoms with van der Waals surface area (Å²) in [6.45, 7) is 1.75. The number of hydrogen-bond acceptors (Lipinski definition) is 4. The number of amides is 1. The molecule has 102 valence electrons. The largest absolute Gasteiger partial charge is 0.347 e.